The van der Waals surface area contributed by atoms with Crippen molar-refractivity contribution < 1.29 is 0 Å². The Kier molecular flexibility index (Phi) is 2.74. The summed E-state index contributed by atoms with van der Waals surface area (Å²) >= 11 is 0. The maximum atomic E-state index is 6.17. The molecule has 5 heteroatoms. The molecule has 0 amide bonds. The van der Waals surface area contributed by atoms with Crippen molar-refractivity contribution in [3.05, 3.63) is 60.0 Å². The van der Waals surface area contributed by atoms with E-state index in [-0.39, 0.29) is 6.04 Å². The average molecular weight is 239 g/mol. The minimum Gasteiger partial charge on any atom is -0.321 e. The molecule has 18 heavy (non-hydrogen) atoms. The van der Waals surface area contributed by atoms with Crippen molar-refractivity contribution >= 4 is 5.65 Å². The molecule has 0 aliphatic carbocycles. The van der Waals surface area contributed by atoms with Crippen LogP contribution in [0.2, 0.25) is 0 Å². The lowest BCUT2D eigenvalue weighted by Crippen LogP contribution is -2.17. The van der Waals surface area contributed by atoms with Crippen molar-refractivity contribution in [3.8, 4) is 0 Å². The third-order valence-corrected chi connectivity index (χ3v) is 2.83. The van der Waals surface area contributed by atoms with Crippen molar-refractivity contribution in [3.63, 3.8) is 0 Å². The lowest BCUT2D eigenvalue weighted by molar-refractivity contribution is 0.638. The molecule has 0 spiro atoms. The van der Waals surface area contributed by atoms with Crippen LogP contribution in [0.15, 0.2) is 48.7 Å². The smallest absolute Gasteiger partial charge is 0.177 e. The van der Waals surface area contributed by atoms with Crippen LogP contribution >= 0.6 is 0 Å². The van der Waals surface area contributed by atoms with Gasteiger partial charge in [0.25, 0.3) is 0 Å². The van der Waals surface area contributed by atoms with Crippen LogP contribution in [0.4, 0.5) is 0 Å². The van der Waals surface area contributed by atoms with Gasteiger partial charge >= 0.3 is 0 Å². The normalized spacial score (nSPS) is 12.7. The molecular weight excluding hydrogens is 226 g/mol. The van der Waals surface area contributed by atoms with E-state index in [2.05, 4.69) is 27.4 Å². The molecule has 0 radical (unpaired) electrons. The van der Waals surface area contributed by atoms with Gasteiger partial charge < -0.3 is 5.73 Å². The average Bonchev–Trinajstić information content (AvgIpc) is 2.84. The molecule has 0 aliphatic rings. The number of aromatic nitrogens is 4. The topological polar surface area (TPSA) is 69.1 Å². The molecule has 3 aromatic rings. The van der Waals surface area contributed by atoms with E-state index in [0.29, 0.717) is 5.82 Å². The van der Waals surface area contributed by atoms with Crippen LogP contribution in [0, 0.1) is 0 Å². The Hall–Kier alpha value is -2.27. The van der Waals surface area contributed by atoms with Crippen molar-refractivity contribution in [2.75, 3.05) is 0 Å². The van der Waals surface area contributed by atoms with Gasteiger partial charge in [-0.2, -0.15) is 9.61 Å². The van der Waals surface area contributed by atoms with Crippen LogP contribution in [0.5, 0.6) is 0 Å². The van der Waals surface area contributed by atoms with Crippen molar-refractivity contribution in [1.29, 1.82) is 0 Å². The second-order valence-electron chi connectivity index (χ2n) is 4.15. The number of hydrogen-bond acceptors (Lipinski definition) is 4. The first-order chi connectivity index (χ1) is 8.84. The van der Waals surface area contributed by atoms with E-state index in [1.807, 2.05) is 30.3 Å². The van der Waals surface area contributed by atoms with Gasteiger partial charge in [-0.3, -0.25) is 0 Å². The fraction of sp³-hybridized carbons (Fsp3) is 0.154. The van der Waals surface area contributed by atoms with Crippen molar-refractivity contribution in [2.45, 2.75) is 12.5 Å². The molecule has 1 unspecified atom stereocenters. The van der Waals surface area contributed by atoms with Crippen LogP contribution < -0.4 is 5.73 Å². The molecular formula is C13H13N5. The Morgan fingerprint density at radius 2 is 1.89 bits per heavy atom. The SMILES string of the molecule is NC(Cc1ccccc1)c1nnc2cccnn12. The fourth-order valence-electron chi connectivity index (χ4n) is 1.95. The van der Waals surface area contributed by atoms with Gasteiger partial charge in [-0.25, -0.2) is 0 Å². The van der Waals surface area contributed by atoms with Gasteiger partial charge in [0.05, 0.1) is 6.04 Å². The minimum atomic E-state index is -0.211. The number of benzene rings is 1. The van der Waals surface area contributed by atoms with E-state index >= 15 is 0 Å². The quantitative estimate of drug-likeness (QED) is 0.749. The molecule has 0 fully saturated rings. The zero-order valence-electron chi connectivity index (χ0n) is 9.77. The van der Waals surface area contributed by atoms with E-state index in [4.69, 9.17) is 5.73 Å². The lowest BCUT2D eigenvalue weighted by Gasteiger charge is -2.08. The summed E-state index contributed by atoms with van der Waals surface area (Å²) in [7, 11) is 0. The number of rotatable bonds is 3. The van der Waals surface area contributed by atoms with Gasteiger partial charge in [0.15, 0.2) is 11.5 Å². The first-order valence-corrected chi connectivity index (χ1v) is 5.80. The highest BCUT2D eigenvalue weighted by Crippen LogP contribution is 2.14. The van der Waals surface area contributed by atoms with Gasteiger partial charge in [0, 0.05) is 6.20 Å². The maximum absolute atomic E-state index is 6.17. The van der Waals surface area contributed by atoms with E-state index in [1.165, 1.54) is 5.56 Å². The number of nitrogens with zero attached hydrogens (tertiary/aromatic N) is 4. The van der Waals surface area contributed by atoms with Crippen molar-refractivity contribution in [1.82, 2.24) is 19.8 Å². The van der Waals surface area contributed by atoms with E-state index < -0.39 is 0 Å². The molecule has 0 saturated heterocycles. The van der Waals surface area contributed by atoms with Gasteiger partial charge in [-0.1, -0.05) is 30.3 Å². The molecule has 0 saturated carbocycles. The zero-order valence-corrected chi connectivity index (χ0v) is 9.77. The molecule has 3 rings (SSSR count). The highest BCUT2D eigenvalue weighted by Gasteiger charge is 2.14. The number of nitrogens with two attached hydrogens (primary N) is 1. The molecule has 1 atom stereocenters. The largest absolute Gasteiger partial charge is 0.321 e. The zero-order chi connectivity index (χ0) is 12.4. The first-order valence-electron chi connectivity index (χ1n) is 5.80. The molecule has 1 aromatic carbocycles. The van der Waals surface area contributed by atoms with Crippen LogP contribution in [0.1, 0.15) is 17.4 Å². The number of fused-ring (bicyclic) bond motifs is 1. The summed E-state index contributed by atoms with van der Waals surface area (Å²) in [6.45, 7) is 0. The van der Waals surface area contributed by atoms with Crippen LogP contribution in [0.25, 0.3) is 5.65 Å². The van der Waals surface area contributed by atoms with E-state index in [1.54, 1.807) is 10.7 Å². The number of hydrogen-bond donors (Lipinski definition) is 1. The Morgan fingerprint density at radius 1 is 1.06 bits per heavy atom. The van der Waals surface area contributed by atoms with Crippen LogP contribution in [-0.2, 0) is 6.42 Å². The summed E-state index contributed by atoms with van der Waals surface area (Å²) in [4.78, 5) is 0. The summed E-state index contributed by atoms with van der Waals surface area (Å²) in [5, 5.41) is 12.4. The third kappa shape index (κ3) is 1.96. The molecule has 5 nitrogen and oxygen atoms in total. The Bertz CT molecular complexity index is 647. The standard InChI is InChI=1S/C13H13N5/c14-11(9-10-5-2-1-3-6-10)13-17-16-12-7-4-8-15-18(12)13/h1-8,11H,9,14H2. The third-order valence-electron chi connectivity index (χ3n) is 2.83. The fourth-order valence-corrected chi connectivity index (χ4v) is 1.95. The molecule has 2 aromatic heterocycles. The summed E-state index contributed by atoms with van der Waals surface area (Å²) in [6.07, 6.45) is 2.42. The Morgan fingerprint density at radius 3 is 2.72 bits per heavy atom. The summed E-state index contributed by atoms with van der Waals surface area (Å²) < 4.78 is 1.69. The molecule has 90 valence electrons. The highest BCUT2D eigenvalue weighted by molar-refractivity contribution is 5.35. The predicted molar refractivity (Wildman–Crippen MR) is 67.9 cm³/mol. The first kappa shape index (κ1) is 10.9. The van der Waals surface area contributed by atoms with Gasteiger partial charge in [-0.15, -0.1) is 10.2 Å². The second kappa shape index (κ2) is 4.54. The van der Waals surface area contributed by atoms with Crippen LogP contribution in [-0.4, -0.2) is 19.8 Å². The predicted octanol–water partition coefficient (Wildman–Crippen LogP) is 1.37. The Balaban J connectivity index is 1.90. The van der Waals surface area contributed by atoms with Gasteiger partial charge in [-0.05, 0) is 24.1 Å². The summed E-state index contributed by atoms with van der Waals surface area (Å²) in [5.41, 5.74) is 8.07. The highest BCUT2D eigenvalue weighted by atomic mass is 15.4. The van der Waals surface area contributed by atoms with Gasteiger partial charge in [0.2, 0.25) is 0 Å². The summed E-state index contributed by atoms with van der Waals surface area (Å²) in [5.74, 6) is 0.689. The monoisotopic (exact) mass is 239 g/mol. The lowest BCUT2D eigenvalue weighted by atomic mass is 10.1. The second-order valence-corrected chi connectivity index (χ2v) is 4.15. The van der Waals surface area contributed by atoms with Crippen molar-refractivity contribution in [2.24, 2.45) is 5.73 Å². The Labute approximate surface area is 104 Å². The van der Waals surface area contributed by atoms with Gasteiger partial charge in [0.1, 0.15) is 0 Å². The summed E-state index contributed by atoms with van der Waals surface area (Å²) in [6, 6.07) is 13.6. The van der Waals surface area contributed by atoms with Crippen LogP contribution in [0.3, 0.4) is 0 Å². The molecule has 2 heterocycles. The molecule has 2 N–H and O–H groups in total. The maximum Gasteiger partial charge on any atom is 0.177 e. The minimum absolute atomic E-state index is 0.211. The molecule has 0 aliphatic heterocycles. The molecule has 0 bridgehead atoms. The van der Waals surface area contributed by atoms with E-state index in [9.17, 15) is 0 Å². The van der Waals surface area contributed by atoms with E-state index in [0.717, 1.165) is 12.1 Å².